The lowest BCUT2D eigenvalue weighted by Gasteiger charge is -2.22. The SMILES string of the molecule is Cl.Cl.NCCC1SC(C(F)(F)F)=CN1C(=O)NCc1ncccc1F. The molecule has 0 aromatic carbocycles. The van der Waals surface area contributed by atoms with Crippen LogP contribution in [0.4, 0.5) is 22.4 Å². The Kier molecular flexibility index (Phi) is 9.55. The zero-order valence-electron chi connectivity index (χ0n) is 12.6. The fraction of sp³-hybridized carbons (Fsp3) is 0.385. The molecule has 0 bridgehead atoms. The van der Waals surface area contributed by atoms with Crippen LogP contribution < -0.4 is 11.1 Å². The summed E-state index contributed by atoms with van der Waals surface area (Å²) in [6, 6.07) is 1.81. The summed E-state index contributed by atoms with van der Waals surface area (Å²) in [5, 5.41) is 1.62. The van der Waals surface area contributed by atoms with Crippen LogP contribution in [0.15, 0.2) is 29.4 Å². The predicted octanol–water partition coefficient (Wildman–Crippen LogP) is 3.40. The summed E-state index contributed by atoms with van der Waals surface area (Å²) in [5.41, 5.74) is 5.38. The molecule has 5 nitrogen and oxygen atoms in total. The first-order valence-electron chi connectivity index (χ1n) is 6.64. The van der Waals surface area contributed by atoms with Crippen LogP contribution in [0.1, 0.15) is 12.1 Å². The van der Waals surface area contributed by atoms with E-state index in [1.807, 2.05) is 0 Å². The van der Waals surface area contributed by atoms with E-state index in [0.717, 1.165) is 11.1 Å². The van der Waals surface area contributed by atoms with Crippen molar-refractivity contribution >= 4 is 42.6 Å². The van der Waals surface area contributed by atoms with Gasteiger partial charge in [-0.1, -0.05) is 11.8 Å². The maximum atomic E-state index is 13.4. The average Bonchev–Trinajstić information content (AvgIpc) is 2.91. The molecule has 0 fully saturated rings. The van der Waals surface area contributed by atoms with E-state index in [2.05, 4.69) is 10.3 Å². The number of urea groups is 1. The number of thioether (sulfide) groups is 1. The number of halogens is 6. The van der Waals surface area contributed by atoms with Crippen molar-refractivity contribution in [1.82, 2.24) is 15.2 Å². The Morgan fingerprint density at radius 3 is 2.64 bits per heavy atom. The molecule has 142 valence electrons. The lowest BCUT2D eigenvalue weighted by Crippen LogP contribution is -2.40. The highest BCUT2D eigenvalue weighted by molar-refractivity contribution is 8.03. The molecule has 0 spiro atoms. The number of hydrogen-bond acceptors (Lipinski definition) is 4. The maximum absolute atomic E-state index is 13.4. The molecule has 0 radical (unpaired) electrons. The van der Waals surface area contributed by atoms with Gasteiger partial charge in [0.15, 0.2) is 0 Å². The van der Waals surface area contributed by atoms with Gasteiger partial charge in [-0.25, -0.2) is 9.18 Å². The molecule has 1 aliphatic rings. The second kappa shape index (κ2) is 10.0. The number of carbonyl (C=O) groups is 1. The number of carbonyl (C=O) groups excluding carboxylic acids is 1. The fourth-order valence-corrected chi connectivity index (χ4v) is 3.04. The van der Waals surface area contributed by atoms with Gasteiger partial charge >= 0.3 is 12.2 Å². The standard InChI is InChI=1S/C13H14F4N4OS.2ClH/c14-8-2-1-5-19-9(8)6-20-12(22)21-7-10(13(15,16)17)23-11(21)3-4-18;;/h1-2,5,7,11H,3-4,6,18H2,(H,20,22);2*1H. The minimum absolute atomic E-state index is 0. The van der Waals surface area contributed by atoms with E-state index < -0.39 is 28.3 Å². The highest BCUT2D eigenvalue weighted by Crippen LogP contribution is 2.43. The summed E-state index contributed by atoms with van der Waals surface area (Å²) in [6.07, 6.45) is -2.23. The van der Waals surface area contributed by atoms with Crippen molar-refractivity contribution in [2.75, 3.05) is 6.54 Å². The van der Waals surface area contributed by atoms with Crippen LogP contribution in [-0.4, -0.2) is 34.0 Å². The smallest absolute Gasteiger partial charge is 0.332 e. The summed E-state index contributed by atoms with van der Waals surface area (Å²) in [7, 11) is 0. The number of rotatable bonds is 4. The van der Waals surface area contributed by atoms with Crippen LogP contribution in [0.3, 0.4) is 0 Å². The Hall–Kier alpha value is -1.23. The summed E-state index contributed by atoms with van der Waals surface area (Å²) < 4.78 is 51.8. The van der Waals surface area contributed by atoms with E-state index >= 15 is 0 Å². The fourth-order valence-electron chi connectivity index (χ4n) is 1.91. The summed E-state index contributed by atoms with van der Waals surface area (Å²) >= 11 is 0.535. The van der Waals surface area contributed by atoms with E-state index in [9.17, 15) is 22.4 Å². The number of pyridine rings is 1. The monoisotopic (exact) mass is 422 g/mol. The molecule has 12 heteroatoms. The number of hydrogen-bond donors (Lipinski definition) is 2. The van der Waals surface area contributed by atoms with Crippen LogP contribution in [0.2, 0.25) is 0 Å². The van der Waals surface area contributed by atoms with Crippen molar-refractivity contribution in [3.8, 4) is 0 Å². The molecule has 1 unspecified atom stereocenters. The van der Waals surface area contributed by atoms with E-state index in [-0.39, 0.29) is 50.0 Å². The van der Waals surface area contributed by atoms with Gasteiger partial charge < -0.3 is 11.1 Å². The van der Waals surface area contributed by atoms with E-state index in [4.69, 9.17) is 5.73 Å². The third-order valence-corrected chi connectivity index (χ3v) is 4.32. The third kappa shape index (κ3) is 6.21. The Balaban J connectivity index is 0.00000288. The molecular weight excluding hydrogens is 407 g/mol. The molecule has 1 aromatic rings. The van der Waals surface area contributed by atoms with Crippen LogP contribution in [0, 0.1) is 5.82 Å². The minimum atomic E-state index is -4.53. The Morgan fingerprint density at radius 2 is 2.08 bits per heavy atom. The number of nitrogens with one attached hydrogen (secondary N) is 1. The van der Waals surface area contributed by atoms with Crippen molar-refractivity contribution in [2.45, 2.75) is 24.5 Å². The Bertz CT molecular complexity index is 618. The molecule has 0 saturated heterocycles. The van der Waals surface area contributed by atoms with Crippen molar-refractivity contribution in [1.29, 1.82) is 0 Å². The molecule has 1 aromatic heterocycles. The molecule has 3 N–H and O–H groups in total. The first-order valence-corrected chi connectivity index (χ1v) is 7.52. The number of allylic oxidation sites excluding steroid dienone is 1. The summed E-state index contributed by atoms with van der Waals surface area (Å²) in [6.45, 7) is -0.0908. The van der Waals surface area contributed by atoms with E-state index in [1.165, 1.54) is 18.3 Å². The van der Waals surface area contributed by atoms with E-state index in [0.29, 0.717) is 11.8 Å². The van der Waals surface area contributed by atoms with Crippen molar-refractivity contribution < 1.29 is 22.4 Å². The van der Waals surface area contributed by atoms with Gasteiger partial charge in [-0.3, -0.25) is 9.88 Å². The van der Waals surface area contributed by atoms with Gasteiger partial charge in [0.2, 0.25) is 0 Å². The normalized spacial score (nSPS) is 16.6. The molecule has 1 atom stereocenters. The van der Waals surface area contributed by atoms with Gasteiger partial charge in [0.25, 0.3) is 0 Å². The lowest BCUT2D eigenvalue weighted by molar-refractivity contribution is -0.0838. The first-order chi connectivity index (χ1) is 10.8. The molecule has 2 rings (SSSR count). The van der Waals surface area contributed by atoms with Gasteiger partial charge in [0.05, 0.1) is 17.6 Å². The van der Waals surface area contributed by atoms with Gasteiger partial charge in [-0.15, -0.1) is 24.8 Å². The van der Waals surface area contributed by atoms with Crippen LogP contribution >= 0.6 is 36.6 Å². The molecule has 0 saturated carbocycles. The molecule has 25 heavy (non-hydrogen) atoms. The molecule has 1 aliphatic heterocycles. The first kappa shape index (κ1) is 23.8. The maximum Gasteiger partial charge on any atom is 0.423 e. The molecule has 0 aliphatic carbocycles. The molecule has 2 amide bonds. The van der Waals surface area contributed by atoms with Crippen molar-refractivity contribution in [2.24, 2.45) is 5.73 Å². The van der Waals surface area contributed by atoms with Gasteiger partial charge in [0, 0.05) is 12.4 Å². The highest BCUT2D eigenvalue weighted by Gasteiger charge is 2.42. The third-order valence-electron chi connectivity index (χ3n) is 3.00. The highest BCUT2D eigenvalue weighted by atomic mass is 35.5. The van der Waals surface area contributed by atoms with Crippen molar-refractivity contribution in [3.05, 3.63) is 40.9 Å². The summed E-state index contributed by atoms with van der Waals surface area (Å²) in [4.78, 5) is 15.9. The van der Waals surface area contributed by atoms with E-state index in [1.54, 1.807) is 0 Å². The zero-order valence-corrected chi connectivity index (χ0v) is 15.1. The average molecular weight is 423 g/mol. The summed E-state index contributed by atoms with van der Waals surface area (Å²) in [5.74, 6) is -0.603. The number of nitrogens with two attached hydrogens (primary N) is 1. The molecule has 2 heterocycles. The Morgan fingerprint density at radius 1 is 1.40 bits per heavy atom. The van der Waals surface area contributed by atoms with Gasteiger partial charge in [0.1, 0.15) is 10.7 Å². The van der Waals surface area contributed by atoms with Gasteiger partial charge in [-0.2, -0.15) is 13.2 Å². The number of alkyl halides is 3. The quantitative estimate of drug-likeness (QED) is 0.729. The Labute approximate surface area is 158 Å². The second-order valence-electron chi connectivity index (χ2n) is 4.64. The largest absolute Gasteiger partial charge is 0.423 e. The lowest BCUT2D eigenvalue weighted by atomic mass is 10.3. The van der Waals surface area contributed by atoms with Crippen LogP contribution in [0.25, 0.3) is 0 Å². The topological polar surface area (TPSA) is 71.2 Å². The van der Waals surface area contributed by atoms with Crippen LogP contribution in [0.5, 0.6) is 0 Å². The minimum Gasteiger partial charge on any atom is -0.332 e. The van der Waals surface area contributed by atoms with Crippen LogP contribution in [-0.2, 0) is 6.54 Å². The second-order valence-corrected chi connectivity index (χ2v) is 5.86. The zero-order chi connectivity index (χ0) is 17.0. The van der Waals surface area contributed by atoms with Gasteiger partial charge in [-0.05, 0) is 25.1 Å². The number of nitrogens with zero attached hydrogens (tertiary/aromatic N) is 2. The van der Waals surface area contributed by atoms with Crippen molar-refractivity contribution in [3.63, 3.8) is 0 Å². The predicted molar refractivity (Wildman–Crippen MR) is 92.0 cm³/mol. The number of amides is 2. The molecular formula is C13H16Cl2F4N4OS. The number of aromatic nitrogens is 1.